The molecule has 3 rings (SSSR count). The van der Waals surface area contributed by atoms with Crippen LogP contribution in [0.2, 0.25) is 5.02 Å². The smallest absolute Gasteiger partial charge is 0.102 e. The number of para-hydroxylation sites is 1. The number of benzene rings is 2. The molecule has 102 valence electrons. The van der Waals surface area contributed by atoms with Crippen LogP contribution in [0, 0.1) is 0 Å². The van der Waals surface area contributed by atoms with E-state index in [9.17, 15) is 0 Å². The van der Waals surface area contributed by atoms with Crippen molar-refractivity contribution in [2.75, 3.05) is 7.05 Å². The first kappa shape index (κ1) is 13.2. The predicted octanol–water partition coefficient (Wildman–Crippen LogP) is 4.62. The summed E-state index contributed by atoms with van der Waals surface area (Å²) in [6.45, 7) is 2.05. The summed E-state index contributed by atoms with van der Waals surface area (Å²) in [5.74, 6) is 1.01. The summed E-state index contributed by atoms with van der Waals surface area (Å²) in [5, 5.41) is 0.816. The number of halogens is 1. The normalized spacial score (nSPS) is 18.2. The van der Waals surface area contributed by atoms with Crippen LogP contribution in [0.5, 0.6) is 0 Å². The van der Waals surface area contributed by atoms with Gasteiger partial charge >= 0.3 is 0 Å². The second kappa shape index (κ2) is 5.29. The van der Waals surface area contributed by atoms with E-state index in [0.29, 0.717) is 0 Å². The number of nitrogens with zero attached hydrogens (tertiary/aromatic N) is 2. The van der Waals surface area contributed by atoms with Crippen molar-refractivity contribution in [1.82, 2.24) is 4.90 Å². The van der Waals surface area contributed by atoms with E-state index in [-0.39, 0.29) is 6.04 Å². The van der Waals surface area contributed by atoms with E-state index < -0.39 is 0 Å². The molecular formula is C17H17ClN2. The molecular weight excluding hydrogens is 268 g/mol. The molecule has 0 spiro atoms. The van der Waals surface area contributed by atoms with Crippen molar-refractivity contribution >= 4 is 23.1 Å². The van der Waals surface area contributed by atoms with Crippen molar-refractivity contribution in [3.63, 3.8) is 0 Å². The van der Waals surface area contributed by atoms with Crippen LogP contribution < -0.4 is 0 Å². The average molecular weight is 285 g/mol. The predicted molar refractivity (Wildman–Crippen MR) is 84.9 cm³/mol. The lowest BCUT2D eigenvalue weighted by Gasteiger charge is -2.29. The monoisotopic (exact) mass is 284 g/mol. The maximum Gasteiger partial charge on any atom is 0.102 e. The van der Waals surface area contributed by atoms with Crippen LogP contribution in [0.25, 0.3) is 0 Å². The fraction of sp³-hybridized carbons (Fsp3) is 0.235. The molecule has 0 radical (unpaired) electrons. The molecule has 0 aromatic heterocycles. The highest BCUT2D eigenvalue weighted by molar-refractivity contribution is 6.31. The molecule has 20 heavy (non-hydrogen) atoms. The minimum absolute atomic E-state index is 0.219. The van der Waals surface area contributed by atoms with Crippen molar-refractivity contribution in [3.05, 3.63) is 64.7 Å². The first-order chi connectivity index (χ1) is 9.66. The summed E-state index contributed by atoms with van der Waals surface area (Å²) in [6, 6.07) is 16.6. The lowest BCUT2D eigenvalue weighted by molar-refractivity contribution is 0.374. The van der Waals surface area contributed by atoms with Crippen molar-refractivity contribution in [2.24, 2.45) is 4.99 Å². The average Bonchev–Trinajstić information content (AvgIpc) is 2.58. The van der Waals surface area contributed by atoms with E-state index in [1.54, 1.807) is 0 Å². The molecule has 0 N–H and O–H groups in total. The highest BCUT2D eigenvalue weighted by Gasteiger charge is 2.24. The molecule has 1 heterocycles. The van der Waals surface area contributed by atoms with Crippen molar-refractivity contribution in [2.45, 2.75) is 19.4 Å². The molecule has 0 saturated heterocycles. The first-order valence-corrected chi connectivity index (χ1v) is 7.15. The standard InChI is InChI=1S/C17H17ClN2/c1-12-19-16-10-6-3-7-13(16)11-17(20(12)2)14-8-4-5-9-15(14)18/h3-10,17H,11H2,1-2H3. The third-order valence-corrected chi connectivity index (χ3v) is 4.27. The van der Waals surface area contributed by atoms with Crippen LogP contribution >= 0.6 is 11.6 Å². The zero-order chi connectivity index (χ0) is 14.1. The molecule has 2 aromatic carbocycles. The summed E-state index contributed by atoms with van der Waals surface area (Å²) in [4.78, 5) is 6.94. The Morgan fingerprint density at radius 1 is 1.10 bits per heavy atom. The largest absolute Gasteiger partial charge is 0.356 e. The third kappa shape index (κ3) is 2.32. The maximum absolute atomic E-state index is 6.38. The Labute approximate surface area is 124 Å². The molecule has 1 aliphatic rings. The van der Waals surface area contributed by atoms with Gasteiger partial charge < -0.3 is 4.90 Å². The minimum Gasteiger partial charge on any atom is -0.356 e. The van der Waals surface area contributed by atoms with E-state index >= 15 is 0 Å². The second-order valence-electron chi connectivity index (χ2n) is 5.14. The van der Waals surface area contributed by atoms with Crippen LogP contribution in [0.4, 0.5) is 5.69 Å². The fourth-order valence-electron chi connectivity index (χ4n) is 2.68. The van der Waals surface area contributed by atoms with Gasteiger partial charge in [0.05, 0.1) is 11.7 Å². The van der Waals surface area contributed by atoms with Crippen LogP contribution in [0.15, 0.2) is 53.5 Å². The van der Waals surface area contributed by atoms with E-state index in [2.05, 4.69) is 36.2 Å². The summed E-state index contributed by atoms with van der Waals surface area (Å²) in [5.41, 5.74) is 3.48. The van der Waals surface area contributed by atoms with Gasteiger partial charge in [0, 0.05) is 12.1 Å². The Morgan fingerprint density at radius 3 is 2.60 bits per heavy atom. The molecule has 1 aliphatic heterocycles. The van der Waals surface area contributed by atoms with Gasteiger partial charge in [-0.3, -0.25) is 0 Å². The first-order valence-electron chi connectivity index (χ1n) is 6.77. The number of rotatable bonds is 1. The fourth-order valence-corrected chi connectivity index (χ4v) is 2.94. The molecule has 0 fully saturated rings. The Bertz CT molecular complexity index is 664. The summed E-state index contributed by atoms with van der Waals surface area (Å²) >= 11 is 6.38. The maximum atomic E-state index is 6.38. The Morgan fingerprint density at radius 2 is 1.80 bits per heavy atom. The Balaban J connectivity index is 2.10. The van der Waals surface area contributed by atoms with Crippen LogP contribution in [-0.4, -0.2) is 17.8 Å². The van der Waals surface area contributed by atoms with Crippen molar-refractivity contribution < 1.29 is 0 Å². The summed E-state index contributed by atoms with van der Waals surface area (Å²) in [6.07, 6.45) is 0.914. The number of likely N-dealkylation sites (N-methyl/N-ethyl adjacent to an activating group) is 1. The van der Waals surface area contributed by atoms with E-state index in [4.69, 9.17) is 16.6 Å². The van der Waals surface area contributed by atoms with Gasteiger partial charge in [0.1, 0.15) is 5.84 Å². The zero-order valence-corrected chi connectivity index (χ0v) is 12.4. The summed E-state index contributed by atoms with van der Waals surface area (Å²) < 4.78 is 0. The number of amidine groups is 1. The van der Waals surface area contributed by atoms with Gasteiger partial charge in [-0.2, -0.15) is 0 Å². The van der Waals surface area contributed by atoms with Crippen LogP contribution in [0.1, 0.15) is 24.1 Å². The number of hydrogen-bond acceptors (Lipinski definition) is 2. The third-order valence-electron chi connectivity index (χ3n) is 3.93. The highest BCUT2D eigenvalue weighted by Crippen LogP contribution is 2.35. The molecule has 0 saturated carbocycles. The lowest BCUT2D eigenvalue weighted by atomic mass is 9.97. The van der Waals surface area contributed by atoms with Gasteiger partial charge in [-0.1, -0.05) is 48.0 Å². The van der Waals surface area contributed by atoms with Gasteiger partial charge in [0.2, 0.25) is 0 Å². The molecule has 3 heteroatoms. The van der Waals surface area contributed by atoms with Gasteiger partial charge in [-0.05, 0) is 36.6 Å². The van der Waals surface area contributed by atoms with Crippen LogP contribution in [0.3, 0.4) is 0 Å². The quantitative estimate of drug-likeness (QED) is 0.746. The highest BCUT2D eigenvalue weighted by atomic mass is 35.5. The minimum atomic E-state index is 0.219. The lowest BCUT2D eigenvalue weighted by Crippen LogP contribution is -2.29. The molecule has 0 bridgehead atoms. The number of fused-ring (bicyclic) bond motifs is 1. The summed E-state index contributed by atoms with van der Waals surface area (Å²) in [7, 11) is 2.08. The van der Waals surface area contributed by atoms with Gasteiger partial charge in [-0.25, -0.2) is 4.99 Å². The molecule has 0 amide bonds. The zero-order valence-electron chi connectivity index (χ0n) is 11.7. The van der Waals surface area contributed by atoms with Crippen molar-refractivity contribution in [3.8, 4) is 0 Å². The van der Waals surface area contributed by atoms with Gasteiger partial charge in [0.15, 0.2) is 0 Å². The molecule has 0 aliphatic carbocycles. The number of aliphatic imine (C=N–C) groups is 1. The number of hydrogen-bond donors (Lipinski definition) is 0. The van der Waals surface area contributed by atoms with Crippen molar-refractivity contribution in [1.29, 1.82) is 0 Å². The molecule has 1 atom stereocenters. The second-order valence-corrected chi connectivity index (χ2v) is 5.55. The Hall–Kier alpha value is -1.80. The van der Waals surface area contributed by atoms with Gasteiger partial charge in [0.25, 0.3) is 0 Å². The van der Waals surface area contributed by atoms with E-state index in [1.165, 1.54) is 5.56 Å². The topological polar surface area (TPSA) is 15.6 Å². The molecule has 1 unspecified atom stereocenters. The van der Waals surface area contributed by atoms with Crippen LogP contribution in [-0.2, 0) is 6.42 Å². The molecule has 2 aromatic rings. The Kier molecular flexibility index (Phi) is 3.49. The van der Waals surface area contributed by atoms with Gasteiger partial charge in [-0.15, -0.1) is 0 Å². The molecule has 2 nitrogen and oxygen atoms in total. The van der Waals surface area contributed by atoms with E-state index in [1.807, 2.05) is 31.2 Å². The van der Waals surface area contributed by atoms with E-state index in [0.717, 1.165) is 28.5 Å². The SMILES string of the molecule is CC1=Nc2ccccc2CC(c2ccccc2Cl)N1C.